The van der Waals surface area contributed by atoms with Crippen molar-refractivity contribution in [3.63, 3.8) is 0 Å². The predicted molar refractivity (Wildman–Crippen MR) is 73.5 cm³/mol. The SMILES string of the molecule is O=C(CCC1CCCC1)c1ccc(OC(F)(F)C(F)F)cc1. The van der Waals surface area contributed by atoms with Crippen molar-refractivity contribution >= 4 is 5.78 Å². The fraction of sp³-hybridized carbons (Fsp3) is 0.562. The van der Waals surface area contributed by atoms with E-state index in [0.717, 1.165) is 31.4 Å². The third-order valence-electron chi connectivity index (χ3n) is 3.94. The second kappa shape index (κ2) is 7.11. The van der Waals surface area contributed by atoms with Crippen molar-refractivity contribution in [1.82, 2.24) is 0 Å². The number of carbonyl (C=O) groups excluding carboxylic acids is 1. The second-order valence-electron chi connectivity index (χ2n) is 5.60. The minimum absolute atomic E-state index is 0.0703. The van der Waals surface area contributed by atoms with Crippen LogP contribution in [-0.4, -0.2) is 18.3 Å². The van der Waals surface area contributed by atoms with E-state index in [0.29, 0.717) is 17.9 Å². The molecule has 1 aliphatic rings. The summed E-state index contributed by atoms with van der Waals surface area (Å²) in [5.41, 5.74) is 0.380. The normalized spacial score (nSPS) is 16.2. The zero-order chi connectivity index (χ0) is 16.2. The van der Waals surface area contributed by atoms with Gasteiger partial charge in [-0.05, 0) is 36.6 Å². The van der Waals surface area contributed by atoms with Crippen molar-refractivity contribution < 1.29 is 27.1 Å². The third-order valence-corrected chi connectivity index (χ3v) is 3.94. The van der Waals surface area contributed by atoms with Gasteiger partial charge in [0.1, 0.15) is 5.75 Å². The molecule has 0 N–H and O–H groups in total. The molecular weight excluding hydrogens is 300 g/mol. The van der Waals surface area contributed by atoms with Crippen molar-refractivity contribution in [3.05, 3.63) is 29.8 Å². The lowest BCUT2D eigenvalue weighted by atomic mass is 9.97. The van der Waals surface area contributed by atoms with Crippen LogP contribution in [0.5, 0.6) is 5.75 Å². The molecule has 22 heavy (non-hydrogen) atoms. The van der Waals surface area contributed by atoms with Gasteiger partial charge in [-0.3, -0.25) is 4.79 Å². The monoisotopic (exact) mass is 318 g/mol. The Bertz CT molecular complexity index is 493. The van der Waals surface area contributed by atoms with Crippen LogP contribution in [0.2, 0.25) is 0 Å². The molecule has 0 spiro atoms. The molecule has 0 aliphatic heterocycles. The van der Waals surface area contributed by atoms with Gasteiger partial charge in [0.05, 0.1) is 0 Å². The molecule has 0 aromatic heterocycles. The first-order valence-electron chi connectivity index (χ1n) is 7.37. The number of hydrogen-bond donors (Lipinski definition) is 0. The molecule has 0 radical (unpaired) electrons. The molecule has 1 fully saturated rings. The number of hydrogen-bond acceptors (Lipinski definition) is 2. The lowest BCUT2D eigenvalue weighted by molar-refractivity contribution is -0.253. The van der Waals surface area contributed by atoms with Gasteiger partial charge in [0.25, 0.3) is 0 Å². The van der Waals surface area contributed by atoms with E-state index in [-0.39, 0.29) is 5.78 Å². The number of ether oxygens (including phenoxy) is 1. The Morgan fingerprint density at radius 3 is 2.32 bits per heavy atom. The summed E-state index contributed by atoms with van der Waals surface area (Å²) in [5, 5.41) is 0. The maximum Gasteiger partial charge on any atom is 0.461 e. The summed E-state index contributed by atoms with van der Waals surface area (Å²) in [6, 6.07) is 4.87. The highest BCUT2D eigenvalue weighted by molar-refractivity contribution is 5.96. The summed E-state index contributed by atoms with van der Waals surface area (Å²) in [5.74, 6) is 0.132. The van der Waals surface area contributed by atoms with Gasteiger partial charge in [-0.15, -0.1) is 0 Å². The standard InChI is InChI=1S/C16H18F4O2/c17-15(18)16(19,20)22-13-8-6-12(7-9-13)14(21)10-5-11-3-1-2-4-11/h6-9,11,15H,1-5,10H2. The molecule has 0 atom stereocenters. The highest BCUT2D eigenvalue weighted by Crippen LogP contribution is 2.30. The van der Waals surface area contributed by atoms with Crippen LogP contribution >= 0.6 is 0 Å². The average Bonchev–Trinajstić information content (AvgIpc) is 2.98. The molecule has 122 valence electrons. The fourth-order valence-electron chi connectivity index (χ4n) is 2.69. The first-order chi connectivity index (χ1) is 10.4. The summed E-state index contributed by atoms with van der Waals surface area (Å²) in [6.07, 6.45) is -2.45. The summed E-state index contributed by atoms with van der Waals surface area (Å²) >= 11 is 0. The molecule has 1 aliphatic carbocycles. The Hall–Kier alpha value is -1.59. The van der Waals surface area contributed by atoms with Crippen LogP contribution in [0.25, 0.3) is 0 Å². The molecule has 0 bridgehead atoms. The van der Waals surface area contributed by atoms with Gasteiger partial charge >= 0.3 is 12.5 Å². The van der Waals surface area contributed by atoms with E-state index in [1.165, 1.54) is 25.0 Å². The highest BCUT2D eigenvalue weighted by Gasteiger charge is 2.43. The molecule has 2 rings (SSSR count). The van der Waals surface area contributed by atoms with E-state index in [4.69, 9.17) is 0 Å². The van der Waals surface area contributed by atoms with Gasteiger partial charge < -0.3 is 4.74 Å². The first-order valence-corrected chi connectivity index (χ1v) is 7.37. The van der Waals surface area contributed by atoms with Crippen LogP contribution in [0.1, 0.15) is 48.9 Å². The Balaban J connectivity index is 1.89. The van der Waals surface area contributed by atoms with Gasteiger partial charge in [0, 0.05) is 12.0 Å². The molecule has 0 heterocycles. The highest BCUT2D eigenvalue weighted by atomic mass is 19.3. The zero-order valence-corrected chi connectivity index (χ0v) is 12.0. The lowest BCUT2D eigenvalue weighted by Crippen LogP contribution is -2.33. The van der Waals surface area contributed by atoms with Crippen molar-refractivity contribution in [1.29, 1.82) is 0 Å². The Morgan fingerprint density at radius 2 is 1.77 bits per heavy atom. The molecule has 1 aromatic carbocycles. The van der Waals surface area contributed by atoms with Gasteiger partial charge in [-0.2, -0.15) is 17.6 Å². The average molecular weight is 318 g/mol. The molecule has 1 aromatic rings. The first kappa shape index (κ1) is 16.8. The summed E-state index contributed by atoms with van der Waals surface area (Å²) in [7, 11) is 0. The Labute approximate surface area is 126 Å². The maximum atomic E-state index is 12.7. The van der Waals surface area contributed by atoms with Crippen LogP contribution in [0.3, 0.4) is 0 Å². The molecular formula is C16H18F4O2. The van der Waals surface area contributed by atoms with Crippen LogP contribution in [0.15, 0.2) is 24.3 Å². The molecule has 2 nitrogen and oxygen atoms in total. The van der Waals surface area contributed by atoms with Crippen molar-refractivity contribution in [2.45, 2.75) is 51.1 Å². The zero-order valence-electron chi connectivity index (χ0n) is 12.0. The number of benzene rings is 1. The third kappa shape index (κ3) is 4.45. The van der Waals surface area contributed by atoms with E-state index in [1.54, 1.807) is 0 Å². The quantitative estimate of drug-likeness (QED) is 0.518. The van der Waals surface area contributed by atoms with Gasteiger partial charge in [0.15, 0.2) is 5.78 Å². The molecule has 0 unspecified atom stereocenters. The molecule has 0 amide bonds. The minimum Gasteiger partial charge on any atom is -0.428 e. The Kier molecular flexibility index (Phi) is 5.42. The van der Waals surface area contributed by atoms with E-state index in [1.807, 2.05) is 0 Å². The van der Waals surface area contributed by atoms with Gasteiger partial charge in [-0.1, -0.05) is 25.7 Å². The topological polar surface area (TPSA) is 26.3 Å². The molecule has 0 saturated heterocycles. The van der Waals surface area contributed by atoms with Crippen molar-refractivity contribution in [2.24, 2.45) is 5.92 Å². The van der Waals surface area contributed by atoms with Gasteiger partial charge in [-0.25, -0.2) is 0 Å². The summed E-state index contributed by atoms with van der Waals surface area (Å²) in [4.78, 5) is 12.0. The Morgan fingerprint density at radius 1 is 1.18 bits per heavy atom. The number of ketones is 1. The maximum absolute atomic E-state index is 12.7. The van der Waals surface area contributed by atoms with E-state index in [9.17, 15) is 22.4 Å². The largest absolute Gasteiger partial charge is 0.461 e. The van der Waals surface area contributed by atoms with Gasteiger partial charge in [0.2, 0.25) is 0 Å². The fourth-order valence-corrected chi connectivity index (χ4v) is 2.69. The van der Waals surface area contributed by atoms with E-state index >= 15 is 0 Å². The number of Topliss-reactive ketones (excluding diaryl/α,β-unsaturated/α-hetero) is 1. The minimum atomic E-state index is -4.53. The number of alkyl halides is 4. The molecule has 6 heteroatoms. The van der Waals surface area contributed by atoms with E-state index in [2.05, 4.69) is 4.74 Å². The lowest BCUT2D eigenvalue weighted by Gasteiger charge is -2.16. The number of halogens is 4. The second-order valence-corrected chi connectivity index (χ2v) is 5.60. The van der Waals surface area contributed by atoms with Crippen LogP contribution in [0.4, 0.5) is 17.6 Å². The predicted octanol–water partition coefficient (Wildman–Crippen LogP) is 5.08. The van der Waals surface area contributed by atoms with Crippen LogP contribution in [0, 0.1) is 5.92 Å². The van der Waals surface area contributed by atoms with Crippen LogP contribution < -0.4 is 4.74 Å². The summed E-state index contributed by atoms with van der Waals surface area (Å²) < 4.78 is 53.5. The molecule has 1 saturated carbocycles. The van der Waals surface area contributed by atoms with Crippen molar-refractivity contribution in [3.8, 4) is 5.75 Å². The number of carbonyl (C=O) groups is 1. The smallest absolute Gasteiger partial charge is 0.428 e. The number of rotatable bonds is 7. The van der Waals surface area contributed by atoms with Crippen LogP contribution in [-0.2, 0) is 0 Å². The van der Waals surface area contributed by atoms with E-state index < -0.39 is 18.3 Å². The summed E-state index contributed by atoms with van der Waals surface area (Å²) in [6.45, 7) is 0. The van der Waals surface area contributed by atoms with Crippen molar-refractivity contribution in [2.75, 3.05) is 0 Å².